The fourth-order valence-corrected chi connectivity index (χ4v) is 1.02. The van der Waals surface area contributed by atoms with Gasteiger partial charge >= 0.3 is 12.3 Å². The molecule has 0 aliphatic heterocycles. The summed E-state index contributed by atoms with van der Waals surface area (Å²) < 4.78 is 43.8. The van der Waals surface area contributed by atoms with Crippen molar-refractivity contribution in [2.24, 2.45) is 0 Å². The Morgan fingerprint density at radius 1 is 1.47 bits per heavy atom. The lowest BCUT2D eigenvalue weighted by atomic mass is 10.3. The SMILES string of the molecule is COc1c[nH]c(C(=O)O)c(OC(F)(F)F)c1=O. The zero-order valence-corrected chi connectivity index (χ0v) is 8.29. The molecule has 2 N–H and O–H groups in total. The number of halogens is 3. The number of aromatic amines is 1. The first-order valence-electron chi connectivity index (χ1n) is 4.05. The highest BCUT2D eigenvalue weighted by Crippen LogP contribution is 2.23. The smallest absolute Gasteiger partial charge is 0.491 e. The number of aromatic carboxylic acids is 1. The normalized spacial score (nSPS) is 11.1. The van der Waals surface area contributed by atoms with E-state index >= 15 is 0 Å². The van der Waals surface area contributed by atoms with Gasteiger partial charge in [-0.15, -0.1) is 13.2 Å². The summed E-state index contributed by atoms with van der Waals surface area (Å²) >= 11 is 0. The molecule has 0 fully saturated rings. The molecular formula is C8H6F3NO5. The van der Waals surface area contributed by atoms with Gasteiger partial charge in [0.25, 0.3) is 5.43 Å². The second kappa shape index (κ2) is 4.36. The van der Waals surface area contributed by atoms with Crippen LogP contribution in [0.3, 0.4) is 0 Å². The van der Waals surface area contributed by atoms with E-state index in [-0.39, 0.29) is 0 Å². The van der Waals surface area contributed by atoms with Crippen LogP contribution in [0.5, 0.6) is 11.5 Å². The van der Waals surface area contributed by atoms with Gasteiger partial charge in [-0.05, 0) is 0 Å². The number of rotatable bonds is 3. The third-order valence-electron chi connectivity index (χ3n) is 1.66. The number of pyridine rings is 1. The van der Waals surface area contributed by atoms with E-state index in [0.29, 0.717) is 0 Å². The Balaban J connectivity index is 3.41. The van der Waals surface area contributed by atoms with Gasteiger partial charge in [0.15, 0.2) is 11.4 Å². The van der Waals surface area contributed by atoms with Gasteiger partial charge in [-0.3, -0.25) is 4.79 Å². The van der Waals surface area contributed by atoms with Gasteiger partial charge in [-0.2, -0.15) is 0 Å². The Morgan fingerprint density at radius 2 is 2.06 bits per heavy atom. The topological polar surface area (TPSA) is 88.6 Å². The van der Waals surface area contributed by atoms with Crippen molar-refractivity contribution >= 4 is 5.97 Å². The molecule has 9 heteroatoms. The summed E-state index contributed by atoms with van der Waals surface area (Å²) in [5, 5.41) is 8.59. The van der Waals surface area contributed by atoms with Gasteiger partial charge in [-0.1, -0.05) is 0 Å². The van der Waals surface area contributed by atoms with Crippen molar-refractivity contribution < 1.29 is 32.5 Å². The summed E-state index contributed by atoms with van der Waals surface area (Å²) in [6, 6.07) is 0. The van der Waals surface area contributed by atoms with Gasteiger partial charge < -0.3 is 19.6 Å². The molecule has 0 saturated carbocycles. The van der Waals surface area contributed by atoms with E-state index in [0.717, 1.165) is 13.3 Å². The number of hydrogen-bond donors (Lipinski definition) is 2. The average molecular weight is 253 g/mol. The lowest BCUT2D eigenvalue weighted by Crippen LogP contribution is -2.25. The number of hydrogen-bond acceptors (Lipinski definition) is 4. The first kappa shape index (κ1) is 12.9. The predicted molar refractivity (Wildman–Crippen MR) is 47.3 cm³/mol. The van der Waals surface area contributed by atoms with Gasteiger partial charge in [-0.25, -0.2) is 4.79 Å². The number of methoxy groups -OCH3 is 1. The van der Waals surface area contributed by atoms with Crippen LogP contribution in [0.1, 0.15) is 10.5 Å². The number of aromatic nitrogens is 1. The summed E-state index contributed by atoms with van der Waals surface area (Å²) in [5.74, 6) is -3.62. The van der Waals surface area contributed by atoms with Crippen LogP contribution in [0.15, 0.2) is 11.0 Å². The van der Waals surface area contributed by atoms with E-state index in [1.165, 1.54) is 0 Å². The molecule has 0 saturated heterocycles. The van der Waals surface area contributed by atoms with Crippen LogP contribution in [0.4, 0.5) is 13.2 Å². The summed E-state index contributed by atoms with van der Waals surface area (Å²) in [7, 11) is 1.04. The van der Waals surface area contributed by atoms with Gasteiger partial charge in [0.2, 0.25) is 5.75 Å². The minimum Gasteiger partial charge on any atom is -0.491 e. The van der Waals surface area contributed by atoms with E-state index in [1.807, 2.05) is 4.98 Å². The molecule has 0 spiro atoms. The molecule has 0 aliphatic carbocycles. The third-order valence-corrected chi connectivity index (χ3v) is 1.66. The van der Waals surface area contributed by atoms with Crippen LogP contribution >= 0.6 is 0 Å². The van der Waals surface area contributed by atoms with Crippen LogP contribution in [-0.4, -0.2) is 29.5 Å². The number of nitrogens with one attached hydrogen (secondary N) is 1. The molecule has 1 aromatic heterocycles. The minimum atomic E-state index is -5.18. The number of carboxylic acids is 1. The highest BCUT2D eigenvalue weighted by atomic mass is 19.4. The molecule has 17 heavy (non-hydrogen) atoms. The summed E-state index contributed by atoms with van der Waals surface area (Å²) in [6.45, 7) is 0. The van der Waals surface area contributed by atoms with Crippen LogP contribution in [0.25, 0.3) is 0 Å². The van der Waals surface area contributed by atoms with Crippen molar-refractivity contribution in [3.63, 3.8) is 0 Å². The minimum absolute atomic E-state index is 0.491. The first-order chi connectivity index (χ1) is 7.76. The van der Waals surface area contributed by atoms with Crippen LogP contribution in [0, 0.1) is 0 Å². The molecule has 6 nitrogen and oxygen atoms in total. The number of H-pyrrole nitrogens is 1. The van der Waals surface area contributed by atoms with Crippen molar-refractivity contribution in [2.45, 2.75) is 6.36 Å². The van der Waals surface area contributed by atoms with Crippen molar-refractivity contribution in [1.82, 2.24) is 4.98 Å². The maximum Gasteiger partial charge on any atom is 0.573 e. The molecule has 0 unspecified atom stereocenters. The lowest BCUT2D eigenvalue weighted by Gasteiger charge is -2.11. The molecule has 0 amide bonds. The quantitative estimate of drug-likeness (QED) is 0.838. The lowest BCUT2D eigenvalue weighted by molar-refractivity contribution is -0.275. The molecule has 1 rings (SSSR count). The molecule has 0 bridgehead atoms. The Bertz CT molecular complexity index is 493. The highest BCUT2D eigenvalue weighted by Gasteiger charge is 2.35. The molecular weight excluding hydrogens is 247 g/mol. The second-order valence-electron chi connectivity index (χ2n) is 2.74. The van der Waals surface area contributed by atoms with Crippen molar-refractivity contribution in [1.29, 1.82) is 0 Å². The fraction of sp³-hybridized carbons (Fsp3) is 0.250. The number of carboxylic acid groups (broad SMARTS) is 1. The van der Waals surface area contributed by atoms with E-state index < -0.39 is 35.0 Å². The van der Waals surface area contributed by atoms with Crippen LogP contribution < -0.4 is 14.9 Å². The summed E-state index contributed by atoms with van der Waals surface area (Å²) in [4.78, 5) is 23.9. The molecule has 0 radical (unpaired) electrons. The Hall–Kier alpha value is -2.19. The molecule has 1 aromatic rings. The zero-order valence-electron chi connectivity index (χ0n) is 8.29. The van der Waals surface area contributed by atoms with Gasteiger partial charge in [0, 0.05) is 6.20 Å². The predicted octanol–water partition coefficient (Wildman–Crippen LogP) is 0.980. The van der Waals surface area contributed by atoms with Crippen molar-refractivity contribution in [3.8, 4) is 11.5 Å². The second-order valence-corrected chi connectivity index (χ2v) is 2.74. The first-order valence-corrected chi connectivity index (χ1v) is 4.05. The van der Waals surface area contributed by atoms with E-state index in [2.05, 4.69) is 9.47 Å². The van der Waals surface area contributed by atoms with E-state index in [9.17, 15) is 22.8 Å². The van der Waals surface area contributed by atoms with E-state index in [4.69, 9.17) is 5.11 Å². The monoisotopic (exact) mass is 253 g/mol. The molecule has 94 valence electrons. The molecule has 0 atom stereocenters. The maximum atomic E-state index is 12.0. The van der Waals surface area contributed by atoms with Gasteiger partial charge in [0.05, 0.1) is 7.11 Å². The van der Waals surface area contributed by atoms with Crippen LogP contribution in [0.2, 0.25) is 0 Å². The number of alkyl halides is 3. The standard InChI is InChI=1S/C8H6F3NO5/c1-16-3-2-12-4(7(14)15)6(5(3)13)17-8(9,10)11/h2H,1H3,(H,12,13)(H,14,15). The maximum absolute atomic E-state index is 12.0. The zero-order chi connectivity index (χ0) is 13.2. The fourth-order valence-electron chi connectivity index (χ4n) is 1.02. The van der Waals surface area contributed by atoms with E-state index in [1.54, 1.807) is 0 Å². The van der Waals surface area contributed by atoms with Crippen LogP contribution in [-0.2, 0) is 0 Å². The summed E-state index contributed by atoms with van der Waals surface area (Å²) in [5.41, 5.74) is -2.31. The number of ether oxygens (including phenoxy) is 2. The van der Waals surface area contributed by atoms with Crippen molar-refractivity contribution in [3.05, 3.63) is 22.1 Å². The molecule has 0 aromatic carbocycles. The Labute approximate surface area is 91.6 Å². The third kappa shape index (κ3) is 2.89. The Morgan fingerprint density at radius 3 is 2.47 bits per heavy atom. The van der Waals surface area contributed by atoms with Gasteiger partial charge in [0.1, 0.15) is 0 Å². The molecule has 0 aliphatic rings. The largest absolute Gasteiger partial charge is 0.573 e. The average Bonchev–Trinajstić information content (AvgIpc) is 2.18. The van der Waals surface area contributed by atoms with Crippen molar-refractivity contribution in [2.75, 3.05) is 7.11 Å². The molecule has 1 heterocycles. The Kier molecular flexibility index (Phi) is 3.30. The highest BCUT2D eigenvalue weighted by molar-refractivity contribution is 5.88. The summed E-state index contributed by atoms with van der Waals surface area (Å²) in [6.07, 6.45) is -4.35. The number of carbonyl (C=O) groups is 1.